The zero-order valence-corrected chi connectivity index (χ0v) is 17.4. The van der Waals surface area contributed by atoms with Crippen LogP contribution in [0.5, 0.6) is 0 Å². The molecule has 7 nitrogen and oxygen atoms in total. The maximum absolute atomic E-state index is 12.6. The first-order valence-corrected chi connectivity index (χ1v) is 9.99. The molecule has 2 aromatic carbocycles. The van der Waals surface area contributed by atoms with E-state index in [1.54, 1.807) is 12.1 Å². The van der Waals surface area contributed by atoms with Crippen molar-refractivity contribution in [2.24, 2.45) is 0 Å². The Bertz CT molecular complexity index is 855. The smallest absolute Gasteiger partial charge is 0.290 e. The van der Waals surface area contributed by atoms with Crippen LogP contribution in [0.4, 0.5) is 11.4 Å². The van der Waals surface area contributed by atoms with E-state index in [2.05, 4.69) is 22.6 Å². The number of nitrogens with one attached hydrogen (secondary N) is 2. The van der Waals surface area contributed by atoms with Gasteiger partial charge in [-0.05, 0) is 63.2 Å². The van der Waals surface area contributed by atoms with Crippen molar-refractivity contribution in [3.63, 3.8) is 0 Å². The fourth-order valence-corrected chi connectivity index (χ4v) is 3.47. The van der Waals surface area contributed by atoms with Crippen molar-refractivity contribution in [1.82, 2.24) is 4.90 Å². The van der Waals surface area contributed by atoms with Crippen molar-refractivity contribution < 1.29 is 19.5 Å². The molecule has 0 bridgehead atoms. The number of anilines is 2. The molecule has 160 valence electrons. The van der Waals surface area contributed by atoms with Crippen LogP contribution in [0, 0.1) is 6.92 Å². The number of carbonyl (C=O) groups excluding carboxylic acids is 2. The second kappa shape index (κ2) is 11.7. The number of aryl methyl sites for hydroxylation is 1. The van der Waals surface area contributed by atoms with Crippen LogP contribution in [0.1, 0.15) is 41.6 Å². The monoisotopic (exact) mass is 411 g/mol. The molecule has 0 spiro atoms. The molecule has 7 heteroatoms. The molecular weight excluding hydrogens is 382 g/mol. The minimum absolute atomic E-state index is 0.0189. The van der Waals surface area contributed by atoms with Crippen molar-refractivity contribution in [1.29, 1.82) is 0 Å². The highest BCUT2D eigenvalue weighted by Crippen LogP contribution is 2.25. The van der Waals surface area contributed by atoms with Crippen LogP contribution in [0.25, 0.3) is 0 Å². The summed E-state index contributed by atoms with van der Waals surface area (Å²) in [4.78, 5) is 35.7. The van der Waals surface area contributed by atoms with Crippen LogP contribution in [-0.4, -0.2) is 47.9 Å². The number of hydrogen-bond donors (Lipinski definition) is 3. The molecule has 3 N–H and O–H groups in total. The van der Waals surface area contributed by atoms with E-state index < -0.39 is 0 Å². The van der Waals surface area contributed by atoms with Crippen LogP contribution in [0.3, 0.4) is 0 Å². The summed E-state index contributed by atoms with van der Waals surface area (Å²) >= 11 is 0. The molecule has 0 radical (unpaired) electrons. The molecular formula is C23H29N3O4. The van der Waals surface area contributed by atoms with Crippen LogP contribution < -0.4 is 10.6 Å². The average Bonchev–Trinajstić information content (AvgIpc) is 2.73. The summed E-state index contributed by atoms with van der Waals surface area (Å²) in [5.74, 6) is -0.212. The molecule has 1 atom stereocenters. The minimum atomic E-state index is -0.250. The van der Waals surface area contributed by atoms with E-state index in [1.807, 2.05) is 43.3 Å². The van der Waals surface area contributed by atoms with Gasteiger partial charge in [-0.3, -0.25) is 14.4 Å². The summed E-state index contributed by atoms with van der Waals surface area (Å²) in [5, 5.41) is 12.8. The average molecular weight is 412 g/mol. The van der Waals surface area contributed by atoms with E-state index in [4.69, 9.17) is 9.90 Å². The third-order valence-corrected chi connectivity index (χ3v) is 5.08. The zero-order chi connectivity index (χ0) is 21.9. The second-order valence-electron chi connectivity index (χ2n) is 7.36. The Morgan fingerprint density at radius 2 is 1.80 bits per heavy atom. The number of nitrogens with zero attached hydrogens (tertiary/aromatic N) is 1. The Hall–Kier alpha value is -3.19. The Morgan fingerprint density at radius 3 is 2.47 bits per heavy atom. The molecule has 2 amide bonds. The topological polar surface area (TPSA) is 98.7 Å². The first-order chi connectivity index (χ1) is 14.4. The predicted molar refractivity (Wildman–Crippen MR) is 118 cm³/mol. The highest BCUT2D eigenvalue weighted by atomic mass is 16.3. The fraction of sp³-hybridized carbons (Fsp3) is 0.348. The molecule has 1 fully saturated rings. The number of piperidine rings is 1. The Labute approximate surface area is 177 Å². The van der Waals surface area contributed by atoms with Gasteiger partial charge in [-0.1, -0.05) is 30.7 Å². The van der Waals surface area contributed by atoms with Gasteiger partial charge in [-0.15, -0.1) is 0 Å². The van der Waals surface area contributed by atoms with Gasteiger partial charge in [0, 0.05) is 18.0 Å². The largest absolute Gasteiger partial charge is 0.483 e. The fourth-order valence-electron chi connectivity index (χ4n) is 3.47. The van der Waals surface area contributed by atoms with Gasteiger partial charge in [0.2, 0.25) is 5.91 Å². The standard InChI is InChI=1S/C22H27N3O2.CH2O2/c1-16-11-12-19(24-22(27)17-8-4-3-5-9-17)20(14-16)23-21(26)15-18-10-6-7-13-25(18)2;2-1-3/h3-5,8-9,11-12,14,18H,6-7,10,13,15H2,1-2H3,(H,23,26)(H,24,27);1H,(H,2,3). The van der Waals surface area contributed by atoms with Gasteiger partial charge in [0.15, 0.2) is 0 Å². The quantitative estimate of drug-likeness (QED) is 0.651. The Kier molecular flexibility index (Phi) is 9.03. The van der Waals surface area contributed by atoms with Crippen molar-refractivity contribution in [2.45, 2.75) is 38.6 Å². The minimum Gasteiger partial charge on any atom is -0.483 e. The van der Waals surface area contributed by atoms with Crippen molar-refractivity contribution in [3.8, 4) is 0 Å². The summed E-state index contributed by atoms with van der Waals surface area (Å²) in [6, 6.07) is 15.0. The van der Waals surface area contributed by atoms with Crippen LogP contribution in [0.2, 0.25) is 0 Å². The predicted octanol–water partition coefficient (Wildman–Crippen LogP) is 3.76. The third-order valence-electron chi connectivity index (χ3n) is 5.08. The highest BCUT2D eigenvalue weighted by molar-refractivity contribution is 6.07. The van der Waals surface area contributed by atoms with Gasteiger partial charge >= 0.3 is 0 Å². The lowest BCUT2D eigenvalue weighted by molar-refractivity contribution is -0.123. The van der Waals surface area contributed by atoms with E-state index in [0.29, 0.717) is 23.4 Å². The Morgan fingerprint density at radius 1 is 1.10 bits per heavy atom. The molecule has 1 unspecified atom stereocenters. The van der Waals surface area contributed by atoms with Gasteiger partial charge in [-0.2, -0.15) is 0 Å². The molecule has 30 heavy (non-hydrogen) atoms. The van der Waals surface area contributed by atoms with Gasteiger partial charge in [0.1, 0.15) is 0 Å². The second-order valence-corrected chi connectivity index (χ2v) is 7.36. The van der Waals surface area contributed by atoms with Crippen molar-refractivity contribution in [2.75, 3.05) is 24.2 Å². The lowest BCUT2D eigenvalue weighted by Gasteiger charge is -2.32. The van der Waals surface area contributed by atoms with Crippen LogP contribution >= 0.6 is 0 Å². The number of carboxylic acid groups (broad SMARTS) is 1. The number of rotatable bonds is 5. The van der Waals surface area contributed by atoms with E-state index >= 15 is 0 Å². The van der Waals surface area contributed by atoms with Gasteiger partial charge in [0.25, 0.3) is 12.4 Å². The maximum atomic E-state index is 12.6. The first-order valence-electron chi connectivity index (χ1n) is 9.99. The van der Waals surface area contributed by atoms with Gasteiger partial charge in [-0.25, -0.2) is 0 Å². The molecule has 0 aromatic heterocycles. The molecule has 3 rings (SSSR count). The number of hydrogen-bond acceptors (Lipinski definition) is 4. The van der Waals surface area contributed by atoms with Crippen molar-refractivity contribution >= 4 is 29.7 Å². The molecule has 1 aliphatic heterocycles. The molecule has 0 saturated carbocycles. The van der Waals surface area contributed by atoms with Crippen LogP contribution in [-0.2, 0) is 9.59 Å². The first kappa shape index (κ1) is 23.1. The molecule has 1 saturated heterocycles. The Balaban J connectivity index is 0.00000101. The molecule has 0 aliphatic carbocycles. The molecule has 1 aliphatic rings. The summed E-state index contributed by atoms with van der Waals surface area (Å²) < 4.78 is 0. The van der Waals surface area contributed by atoms with E-state index in [9.17, 15) is 9.59 Å². The van der Waals surface area contributed by atoms with E-state index in [1.165, 1.54) is 12.8 Å². The van der Waals surface area contributed by atoms with Crippen LogP contribution in [0.15, 0.2) is 48.5 Å². The van der Waals surface area contributed by atoms with E-state index in [-0.39, 0.29) is 24.3 Å². The number of benzene rings is 2. The lowest BCUT2D eigenvalue weighted by atomic mass is 10.00. The lowest BCUT2D eigenvalue weighted by Crippen LogP contribution is -2.38. The number of carbonyl (C=O) groups is 3. The zero-order valence-electron chi connectivity index (χ0n) is 17.4. The normalized spacial score (nSPS) is 16.0. The molecule has 1 heterocycles. The molecule has 2 aromatic rings. The summed E-state index contributed by atoms with van der Waals surface area (Å²) in [7, 11) is 2.08. The number of likely N-dealkylation sites (tertiary alicyclic amines) is 1. The summed E-state index contributed by atoms with van der Waals surface area (Å²) in [5.41, 5.74) is 2.86. The van der Waals surface area contributed by atoms with Crippen molar-refractivity contribution in [3.05, 3.63) is 59.7 Å². The number of amides is 2. The summed E-state index contributed by atoms with van der Waals surface area (Å²) in [6.07, 6.45) is 3.89. The SMILES string of the molecule is Cc1ccc(NC(=O)c2ccccc2)c(NC(=O)CC2CCCCN2C)c1.O=CO. The summed E-state index contributed by atoms with van der Waals surface area (Å²) in [6.45, 7) is 2.76. The maximum Gasteiger partial charge on any atom is 0.290 e. The van der Waals surface area contributed by atoms with Gasteiger partial charge in [0.05, 0.1) is 11.4 Å². The third kappa shape index (κ3) is 7.00. The highest BCUT2D eigenvalue weighted by Gasteiger charge is 2.22. The van der Waals surface area contributed by atoms with E-state index in [0.717, 1.165) is 18.5 Å². The van der Waals surface area contributed by atoms with Gasteiger partial charge < -0.3 is 20.6 Å².